The van der Waals surface area contributed by atoms with Crippen LogP contribution in [0.1, 0.15) is 18.9 Å². The van der Waals surface area contributed by atoms with E-state index < -0.39 is 0 Å². The molecule has 0 bridgehead atoms. The highest BCUT2D eigenvalue weighted by Gasteiger charge is 2.26. The Morgan fingerprint density at radius 2 is 2.19 bits per heavy atom. The van der Waals surface area contributed by atoms with Crippen LogP contribution < -0.4 is 0 Å². The number of benzene rings is 1. The average Bonchev–Trinajstić information content (AvgIpc) is 3.01. The van der Waals surface area contributed by atoms with Gasteiger partial charge in [-0.1, -0.05) is 0 Å². The number of hydrogen-bond acceptors (Lipinski definition) is 2. The average molecular weight is 282 g/mol. The van der Waals surface area contributed by atoms with Crippen LogP contribution in [0.5, 0.6) is 0 Å². The van der Waals surface area contributed by atoms with E-state index in [0.29, 0.717) is 10.5 Å². The van der Waals surface area contributed by atoms with Crippen molar-refractivity contribution >= 4 is 15.9 Å². The van der Waals surface area contributed by atoms with E-state index in [1.807, 2.05) is 0 Å². The van der Waals surface area contributed by atoms with E-state index in [-0.39, 0.29) is 5.82 Å². The molecule has 16 heavy (non-hydrogen) atoms. The van der Waals surface area contributed by atoms with E-state index >= 15 is 0 Å². The molecular weight excluding hydrogens is 273 g/mol. The maximum atomic E-state index is 13.1. The van der Waals surface area contributed by atoms with Crippen LogP contribution in [0.2, 0.25) is 0 Å². The second-order valence-corrected chi connectivity index (χ2v) is 4.78. The zero-order valence-electron chi connectivity index (χ0n) is 8.40. The fraction of sp³-hybridized carbons (Fsp3) is 0.273. The minimum Gasteiger partial charge on any atom is -0.310 e. The Balaban J connectivity index is 2.07. The van der Waals surface area contributed by atoms with Gasteiger partial charge in [0.15, 0.2) is 5.82 Å². The highest BCUT2D eigenvalue weighted by molar-refractivity contribution is 9.10. The van der Waals surface area contributed by atoms with E-state index in [9.17, 15) is 4.39 Å². The van der Waals surface area contributed by atoms with Crippen LogP contribution in [-0.2, 0) is 0 Å². The first-order chi connectivity index (χ1) is 7.75. The molecule has 0 spiro atoms. The largest absolute Gasteiger partial charge is 0.310 e. The predicted octanol–water partition coefficient (Wildman–Crippen LogP) is 3.18. The predicted molar refractivity (Wildman–Crippen MR) is 61.4 cm³/mol. The van der Waals surface area contributed by atoms with Gasteiger partial charge in [-0.05, 0) is 47.0 Å². The third-order valence-corrected chi connectivity index (χ3v) is 3.30. The number of nitrogens with zero attached hydrogens (tertiary/aromatic N) is 3. The van der Waals surface area contributed by atoms with Crippen molar-refractivity contribution in [2.75, 3.05) is 0 Å². The van der Waals surface area contributed by atoms with Gasteiger partial charge in [-0.3, -0.25) is 0 Å². The fourth-order valence-corrected chi connectivity index (χ4v) is 2.08. The molecule has 0 atom stereocenters. The first-order valence-corrected chi connectivity index (χ1v) is 5.90. The number of halogens is 2. The molecule has 0 radical (unpaired) electrons. The zero-order chi connectivity index (χ0) is 11.1. The molecule has 1 aliphatic carbocycles. The van der Waals surface area contributed by atoms with Crippen molar-refractivity contribution in [3.8, 4) is 11.4 Å². The highest BCUT2D eigenvalue weighted by atomic mass is 79.9. The fourth-order valence-electron chi connectivity index (χ4n) is 1.70. The molecule has 0 amide bonds. The lowest BCUT2D eigenvalue weighted by Gasteiger charge is -2.05. The van der Waals surface area contributed by atoms with E-state index in [2.05, 4.69) is 30.7 Å². The SMILES string of the molecule is Fc1ccc(-c2nncn2C2CC2)cc1Br. The minimum atomic E-state index is -0.263. The van der Waals surface area contributed by atoms with Crippen molar-refractivity contribution in [2.24, 2.45) is 0 Å². The smallest absolute Gasteiger partial charge is 0.164 e. The van der Waals surface area contributed by atoms with Gasteiger partial charge >= 0.3 is 0 Å². The van der Waals surface area contributed by atoms with E-state index in [1.165, 1.54) is 18.9 Å². The maximum Gasteiger partial charge on any atom is 0.164 e. The second kappa shape index (κ2) is 3.66. The lowest BCUT2D eigenvalue weighted by molar-refractivity contribution is 0.621. The van der Waals surface area contributed by atoms with Gasteiger partial charge < -0.3 is 4.57 Å². The van der Waals surface area contributed by atoms with Gasteiger partial charge in [0.25, 0.3) is 0 Å². The van der Waals surface area contributed by atoms with Gasteiger partial charge in [-0.25, -0.2) is 4.39 Å². The van der Waals surface area contributed by atoms with Gasteiger partial charge in [-0.15, -0.1) is 10.2 Å². The van der Waals surface area contributed by atoms with Crippen LogP contribution in [0, 0.1) is 5.82 Å². The standard InChI is InChI=1S/C11H9BrFN3/c12-9-5-7(1-4-10(9)13)11-15-14-6-16(11)8-2-3-8/h1,4-6,8H,2-3H2. The minimum absolute atomic E-state index is 0.263. The maximum absolute atomic E-state index is 13.1. The summed E-state index contributed by atoms with van der Waals surface area (Å²) in [5.41, 5.74) is 0.887. The molecule has 1 aromatic carbocycles. The van der Waals surface area contributed by atoms with Gasteiger partial charge in [0.1, 0.15) is 12.1 Å². The number of hydrogen-bond donors (Lipinski definition) is 0. The van der Waals surface area contributed by atoms with Crippen LogP contribution >= 0.6 is 15.9 Å². The molecule has 5 heteroatoms. The number of rotatable bonds is 2. The van der Waals surface area contributed by atoms with Gasteiger partial charge in [0, 0.05) is 11.6 Å². The molecular formula is C11H9BrFN3. The van der Waals surface area contributed by atoms with Crippen LogP contribution in [0.15, 0.2) is 29.0 Å². The molecule has 3 nitrogen and oxygen atoms in total. The van der Waals surface area contributed by atoms with Crippen molar-refractivity contribution in [1.29, 1.82) is 0 Å². The van der Waals surface area contributed by atoms with Crippen molar-refractivity contribution in [2.45, 2.75) is 18.9 Å². The summed E-state index contributed by atoms with van der Waals surface area (Å²) in [6.45, 7) is 0. The molecule has 3 rings (SSSR count). The topological polar surface area (TPSA) is 30.7 Å². The molecule has 0 N–H and O–H groups in total. The summed E-state index contributed by atoms with van der Waals surface area (Å²) in [5, 5.41) is 8.00. The molecule has 0 aliphatic heterocycles. The van der Waals surface area contributed by atoms with Crippen LogP contribution in [-0.4, -0.2) is 14.8 Å². The Kier molecular flexibility index (Phi) is 2.28. The summed E-state index contributed by atoms with van der Waals surface area (Å²) in [4.78, 5) is 0. The Hall–Kier alpha value is -1.23. The van der Waals surface area contributed by atoms with E-state index in [0.717, 1.165) is 11.4 Å². The molecule has 2 aromatic rings. The molecule has 1 fully saturated rings. The third kappa shape index (κ3) is 1.65. The van der Waals surface area contributed by atoms with E-state index in [4.69, 9.17) is 0 Å². The summed E-state index contributed by atoms with van der Waals surface area (Å²) in [6.07, 6.45) is 4.09. The molecule has 1 saturated carbocycles. The summed E-state index contributed by atoms with van der Waals surface area (Å²) in [5.74, 6) is 0.546. The molecule has 82 valence electrons. The Morgan fingerprint density at radius 3 is 2.88 bits per heavy atom. The lowest BCUT2D eigenvalue weighted by atomic mass is 10.2. The van der Waals surface area contributed by atoms with Gasteiger partial charge in [0.2, 0.25) is 0 Å². The van der Waals surface area contributed by atoms with Gasteiger partial charge in [0.05, 0.1) is 4.47 Å². The quantitative estimate of drug-likeness (QED) is 0.847. The second-order valence-electron chi connectivity index (χ2n) is 3.92. The normalized spacial score (nSPS) is 15.4. The van der Waals surface area contributed by atoms with Crippen molar-refractivity contribution in [3.63, 3.8) is 0 Å². The summed E-state index contributed by atoms with van der Waals surface area (Å²) >= 11 is 3.18. The Morgan fingerprint density at radius 1 is 1.38 bits per heavy atom. The lowest BCUT2D eigenvalue weighted by Crippen LogP contribution is -1.96. The van der Waals surface area contributed by atoms with Crippen molar-refractivity contribution in [1.82, 2.24) is 14.8 Å². The van der Waals surface area contributed by atoms with E-state index in [1.54, 1.807) is 18.5 Å². The Bertz CT molecular complexity index is 534. The Labute approximate surface area is 100 Å². The van der Waals surface area contributed by atoms with Gasteiger partial charge in [-0.2, -0.15) is 0 Å². The third-order valence-electron chi connectivity index (χ3n) is 2.69. The first-order valence-electron chi connectivity index (χ1n) is 5.10. The van der Waals surface area contributed by atoms with Crippen LogP contribution in [0.4, 0.5) is 4.39 Å². The zero-order valence-corrected chi connectivity index (χ0v) is 9.98. The molecule has 1 aromatic heterocycles. The van der Waals surface area contributed by atoms with Crippen molar-refractivity contribution in [3.05, 3.63) is 34.8 Å². The van der Waals surface area contributed by atoms with Crippen LogP contribution in [0.3, 0.4) is 0 Å². The monoisotopic (exact) mass is 281 g/mol. The molecule has 0 unspecified atom stereocenters. The highest BCUT2D eigenvalue weighted by Crippen LogP contribution is 2.37. The summed E-state index contributed by atoms with van der Waals surface area (Å²) < 4.78 is 15.6. The summed E-state index contributed by atoms with van der Waals surface area (Å²) in [6, 6.07) is 5.42. The molecule has 1 aliphatic rings. The molecule has 1 heterocycles. The summed E-state index contributed by atoms with van der Waals surface area (Å²) in [7, 11) is 0. The first kappa shape index (κ1) is 9.96. The molecule has 0 saturated heterocycles. The van der Waals surface area contributed by atoms with Crippen LogP contribution in [0.25, 0.3) is 11.4 Å². The number of aromatic nitrogens is 3. The van der Waals surface area contributed by atoms with Crippen molar-refractivity contribution < 1.29 is 4.39 Å².